The molecule has 0 aromatic heterocycles. The second kappa shape index (κ2) is 3.01. The minimum atomic E-state index is -0.406. The van der Waals surface area contributed by atoms with E-state index in [9.17, 15) is 5.11 Å². The molecule has 0 bridgehead atoms. The molecule has 0 atom stereocenters. The van der Waals surface area contributed by atoms with Crippen molar-refractivity contribution in [1.82, 2.24) is 0 Å². The van der Waals surface area contributed by atoms with Crippen molar-refractivity contribution in [2.75, 3.05) is 7.11 Å². The number of phenolic OH excluding ortho intramolecular Hbond substituents is 2. The maximum Gasteiger partial charge on any atom is 0.201 e. The zero-order valence-corrected chi connectivity index (χ0v) is 6.40. The van der Waals surface area contributed by atoms with Gasteiger partial charge in [0, 0.05) is 0 Å². The van der Waals surface area contributed by atoms with E-state index in [1.54, 1.807) is 0 Å². The fraction of sp³-hybridized carbons (Fsp3) is 0.125. The Morgan fingerprint density at radius 1 is 1.42 bits per heavy atom. The summed E-state index contributed by atoms with van der Waals surface area (Å²) >= 11 is 0. The van der Waals surface area contributed by atoms with Gasteiger partial charge < -0.3 is 14.9 Å². The second-order valence-corrected chi connectivity index (χ2v) is 2.13. The number of benzene rings is 1. The van der Waals surface area contributed by atoms with E-state index in [1.807, 2.05) is 6.07 Å². The van der Waals surface area contributed by atoms with Gasteiger partial charge in [0.25, 0.3) is 0 Å². The van der Waals surface area contributed by atoms with Crippen LogP contribution in [0.2, 0.25) is 0 Å². The molecular weight excluding hydrogens is 158 g/mol. The number of rotatable bonds is 1. The molecule has 1 aromatic rings. The van der Waals surface area contributed by atoms with Crippen LogP contribution < -0.4 is 4.74 Å². The Balaban J connectivity index is 3.38. The van der Waals surface area contributed by atoms with Crippen molar-refractivity contribution in [3.63, 3.8) is 0 Å². The average molecular weight is 165 g/mol. The number of ether oxygens (including phenoxy) is 1. The highest BCUT2D eigenvalue weighted by Crippen LogP contribution is 2.37. The van der Waals surface area contributed by atoms with Crippen molar-refractivity contribution in [2.24, 2.45) is 0 Å². The Kier molecular flexibility index (Phi) is 2.06. The van der Waals surface area contributed by atoms with Crippen molar-refractivity contribution in [3.05, 3.63) is 17.7 Å². The molecule has 1 rings (SSSR count). The highest BCUT2D eigenvalue weighted by molar-refractivity contribution is 5.58. The summed E-state index contributed by atoms with van der Waals surface area (Å²) in [6.07, 6.45) is 0. The zero-order chi connectivity index (χ0) is 9.14. The predicted octanol–water partition coefficient (Wildman–Crippen LogP) is 0.978. The fourth-order valence-corrected chi connectivity index (χ4v) is 0.855. The molecule has 0 fully saturated rings. The van der Waals surface area contributed by atoms with Crippen LogP contribution in [0.15, 0.2) is 12.1 Å². The van der Waals surface area contributed by atoms with Gasteiger partial charge in [-0.05, 0) is 12.1 Å². The third kappa shape index (κ3) is 1.12. The minimum Gasteiger partial charge on any atom is -0.504 e. The van der Waals surface area contributed by atoms with Gasteiger partial charge in [-0.15, -0.1) is 0 Å². The molecule has 0 aliphatic rings. The molecule has 0 heterocycles. The maximum absolute atomic E-state index is 9.18. The standard InChI is InChI=1S/C8H7NO3/c1-12-8-5(4-9)2-3-6(10)7(8)11/h2-3,10-11H,1H3. The van der Waals surface area contributed by atoms with E-state index in [4.69, 9.17) is 15.1 Å². The number of nitriles is 1. The number of phenols is 2. The number of aromatic hydroxyl groups is 2. The van der Waals surface area contributed by atoms with Crippen LogP contribution >= 0.6 is 0 Å². The van der Waals surface area contributed by atoms with E-state index < -0.39 is 5.75 Å². The van der Waals surface area contributed by atoms with Crippen LogP contribution in [0.1, 0.15) is 5.56 Å². The Hall–Kier alpha value is -1.89. The van der Waals surface area contributed by atoms with E-state index in [1.165, 1.54) is 19.2 Å². The smallest absolute Gasteiger partial charge is 0.201 e. The Bertz CT molecular complexity index is 341. The van der Waals surface area contributed by atoms with Crippen molar-refractivity contribution in [2.45, 2.75) is 0 Å². The van der Waals surface area contributed by atoms with Crippen molar-refractivity contribution < 1.29 is 14.9 Å². The van der Waals surface area contributed by atoms with E-state index in [0.29, 0.717) is 0 Å². The third-order valence-electron chi connectivity index (χ3n) is 1.43. The van der Waals surface area contributed by atoms with Crippen molar-refractivity contribution in [1.29, 1.82) is 5.26 Å². The normalized spacial score (nSPS) is 9.00. The molecule has 4 nitrogen and oxygen atoms in total. The second-order valence-electron chi connectivity index (χ2n) is 2.13. The van der Waals surface area contributed by atoms with Gasteiger partial charge in [0.05, 0.1) is 12.7 Å². The molecule has 4 heteroatoms. The van der Waals surface area contributed by atoms with Crippen LogP contribution in [0.3, 0.4) is 0 Å². The average Bonchev–Trinajstić information content (AvgIpc) is 2.09. The lowest BCUT2D eigenvalue weighted by molar-refractivity contribution is 0.350. The molecule has 62 valence electrons. The number of methoxy groups -OCH3 is 1. The van der Waals surface area contributed by atoms with Crippen LogP contribution in [0.5, 0.6) is 17.2 Å². The van der Waals surface area contributed by atoms with E-state index >= 15 is 0 Å². The molecular formula is C8H7NO3. The molecule has 0 aliphatic heterocycles. The highest BCUT2D eigenvalue weighted by Gasteiger charge is 2.11. The van der Waals surface area contributed by atoms with Crippen LogP contribution in [0, 0.1) is 11.3 Å². The first kappa shape index (κ1) is 8.21. The molecule has 0 spiro atoms. The minimum absolute atomic E-state index is 0.00231. The topological polar surface area (TPSA) is 73.5 Å². The predicted molar refractivity (Wildman–Crippen MR) is 41.0 cm³/mol. The van der Waals surface area contributed by atoms with Gasteiger partial charge in [0.15, 0.2) is 11.5 Å². The first-order valence-corrected chi connectivity index (χ1v) is 3.19. The summed E-state index contributed by atoms with van der Waals surface area (Å²) in [6, 6.07) is 4.42. The van der Waals surface area contributed by atoms with Gasteiger partial charge in [-0.3, -0.25) is 0 Å². The molecule has 0 amide bonds. The summed E-state index contributed by atoms with van der Waals surface area (Å²) in [7, 11) is 1.31. The Labute approximate surface area is 69.3 Å². The lowest BCUT2D eigenvalue weighted by atomic mass is 10.2. The quantitative estimate of drug-likeness (QED) is 0.608. The molecule has 0 radical (unpaired) electrons. The molecule has 12 heavy (non-hydrogen) atoms. The summed E-state index contributed by atoms with van der Waals surface area (Å²) < 4.78 is 4.72. The Morgan fingerprint density at radius 2 is 2.08 bits per heavy atom. The largest absolute Gasteiger partial charge is 0.504 e. The number of hydrogen-bond donors (Lipinski definition) is 2. The molecule has 1 aromatic carbocycles. The van der Waals surface area contributed by atoms with Crippen LogP contribution in [-0.4, -0.2) is 17.3 Å². The van der Waals surface area contributed by atoms with Gasteiger partial charge in [-0.2, -0.15) is 5.26 Å². The molecule has 0 aliphatic carbocycles. The third-order valence-corrected chi connectivity index (χ3v) is 1.43. The first-order chi connectivity index (χ1) is 5.70. The molecule has 2 N–H and O–H groups in total. The maximum atomic E-state index is 9.18. The first-order valence-electron chi connectivity index (χ1n) is 3.19. The summed E-state index contributed by atoms with van der Waals surface area (Å²) in [5, 5.41) is 26.7. The summed E-state index contributed by atoms with van der Waals surface area (Å²) in [5.74, 6) is -0.708. The lowest BCUT2D eigenvalue weighted by Gasteiger charge is -2.05. The van der Waals surface area contributed by atoms with Crippen LogP contribution in [0.4, 0.5) is 0 Å². The van der Waals surface area contributed by atoms with E-state index in [2.05, 4.69) is 0 Å². The molecule has 0 saturated carbocycles. The van der Waals surface area contributed by atoms with Crippen molar-refractivity contribution >= 4 is 0 Å². The van der Waals surface area contributed by atoms with Gasteiger partial charge in [-0.1, -0.05) is 0 Å². The summed E-state index contributed by atoms with van der Waals surface area (Å²) in [5.41, 5.74) is 0.188. The monoisotopic (exact) mass is 165 g/mol. The summed E-state index contributed by atoms with van der Waals surface area (Å²) in [6.45, 7) is 0. The Morgan fingerprint density at radius 3 is 2.58 bits per heavy atom. The number of hydrogen-bond acceptors (Lipinski definition) is 4. The lowest BCUT2D eigenvalue weighted by Crippen LogP contribution is -1.88. The molecule has 0 saturated heterocycles. The van der Waals surface area contributed by atoms with Crippen LogP contribution in [-0.2, 0) is 0 Å². The van der Waals surface area contributed by atoms with Gasteiger partial charge >= 0.3 is 0 Å². The van der Waals surface area contributed by atoms with Gasteiger partial charge in [0.2, 0.25) is 5.75 Å². The summed E-state index contributed by atoms with van der Waals surface area (Å²) in [4.78, 5) is 0. The zero-order valence-electron chi connectivity index (χ0n) is 6.40. The van der Waals surface area contributed by atoms with E-state index in [0.717, 1.165) is 0 Å². The van der Waals surface area contributed by atoms with Crippen molar-refractivity contribution in [3.8, 4) is 23.3 Å². The SMILES string of the molecule is COc1c(C#N)ccc(O)c1O. The van der Waals surface area contributed by atoms with Crippen LogP contribution in [0.25, 0.3) is 0 Å². The molecule has 0 unspecified atom stereocenters. The van der Waals surface area contributed by atoms with Gasteiger partial charge in [0.1, 0.15) is 6.07 Å². The highest BCUT2D eigenvalue weighted by atomic mass is 16.5. The number of nitrogens with zero attached hydrogens (tertiary/aromatic N) is 1. The van der Waals surface area contributed by atoms with Gasteiger partial charge in [-0.25, -0.2) is 0 Å². The van der Waals surface area contributed by atoms with E-state index in [-0.39, 0.29) is 17.1 Å². The fourth-order valence-electron chi connectivity index (χ4n) is 0.855.